The Morgan fingerprint density at radius 3 is 2.29 bits per heavy atom. The summed E-state index contributed by atoms with van der Waals surface area (Å²) < 4.78 is 60.3. The first kappa shape index (κ1) is 24.6. The Kier molecular flexibility index (Phi) is 7.47. The number of carbonyl (C=O) groups is 1. The van der Waals surface area contributed by atoms with E-state index in [9.17, 15) is 28.1 Å². The number of nitrogens with zero attached hydrogens (tertiary/aromatic N) is 1. The van der Waals surface area contributed by atoms with Gasteiger partial charge in [-0.25, -0.2) is 4.79 Å². The summed E-state index contributed by atoms with van der Waals surface area (Å²) in [6, 6.07) is 12.5. The molecule has 34 heavy (non-hydrogen) atoms. The van der Waals surface area contributed by atoms with E-state index in [0.717, 1.165) is 24.3 Å². The summed E-state index contributed by atoms with van der Waals surface area (Å²) in [5.74, 6) is -1.21. The molecule has 0 saturated heterocycles. The van der Waals surface area contributed by atoms with E-state index in [4.69, 9.17) is 25.8 Å². The molecule has 3 aromatic carbocycles. The summed E-state index contributed by atoms with van der Waals surface area (Å²) in [4.78, 5) is 22.1. The fraction of sp³-hybridized carbons (Fsp3) is 0.136. The van der Waals surface area contributed by atoms with Crippen LogP contribution in [0.25, 0.3) is 0 Å². The number of halogens is 4. The second kappa shape index (κ2) is 10.3. The number of benzene rings is 3. The Bertz CT molecular complexity index is 1220. The van der Waals surface area contributed by atoms with Crippen LogP contribution in [0.2, 0.25) is 5.02 Å². The number of hydrogen-bond donors (Lipinski definition) is 0. The lowest BCUT2D eigenvalue weighted by molar-refractivity contribution is -0.385. The number of methoxy groups -OCH3 is 1. The minimum Gasteiger partial charge on any atom is -0.478 e. The van der Waals surface area contributed by atoms with Crippen LogP contribution in [-0.2, 0) is 15.7 Å². The van der Waals surface area contributed by atoms with Crippen molar-refractivity contribution < 1.29 is 41.8 Å². The van der Waals surface area contributed by atoms with Gasteiger partial charge in [0.15, 0.2) is 18.1 Å². The topological polar surface area (TPSA) is 97.1 Å². The molecule has 0 aliphatic rings. The Morgan fingerprint density at radius 1 is 0.971 bits per heavy atom. The van der Waals surface area contributed by atoms with E-state index >= 15 is 0 Å². The number of ether oxygens (including phenoxy) is 4. The van der Waals surface area contributed by atoms with Crippen molar-refractivity contribution in [1.29, 1.82) is 0 Å². The number of nitro groups is 1. The van der Waals surface area contributed by atoms with Gasteiger partial charge in [0.05, 0.1) is 22.6 Å². The molecule has 0 spiro atoms. The molecule has 0 bridgehead atoms. The van der Waals surface area contributed by atoms with E-state index in [0.29, 0.717) is 0 Å². The molecule has 12 heteroatoms. The maximum absolute atomic E-state index is 13.1. The van der Waals surface area contributed by atoms with Crippen molar-refractivity contribution in [2.75, 3.05) is 13.7 Å². The van der Waals surface area contributed by atoms with Gasteiger partial charge in [0.1, 0.15) is 11.5 Å². The summed E-state index contributed by atoms with van der Waals surface area (Å²) >= 11 is 5.85. The highest BCUT2D eigenvalue weighted by Gasteiger charge is 2.34. The van der Waals surface area contributed by atoms with Crippen LogP contribution in [0.4, 0.5) is 18.9 Å². The van der Waals surface area contributed by atoms with Gasteiger partial charge < -0.3 is 18.9 Å². The second-order valence-corrected chi connectivity index (χ2v) is 6.90. The lowest BCUT2D eigenvalue weighted by atomic mass is 10.2. The summed E-state index contributed by atoms with van der Waals surface area (Å²) in [7, 11) is 1.18. The number of para-hydroxylation sites is 2. The van der Waals surface area contributed by atoms with Crippen molar-refractivity contribution in [2.24, 2.45) is 0 Å². The number of nitro benzene ring substituents is 1. The fourth-order valence-electron chi connectivity index (χ4n) is 2.69. The van der Waals surface area contributed by atoms with Crippen LogP contribution < -0.4 is 14.2 Å². The monoisotopic (exact) mass is 497 g/mol. The van der Waals surface area contributed by atoms with Crippen molar-refractivity contribution in [1.82, 2.24) is 0 Å². The minimum absolute atomic E-state index is 0.0313. The molecule has 3 rings (SSSR count). The van der Waals surface area contributed by atoms with Gasteiger partial charge >= 0.3 is 17.8 Å². The third kappa shape index (κ3) is 5.87. The van der Waals surface area contributed by atoms with E-state index in [1.165, 1.54) is 31.4 Å². The van der Waals surface area contributed by atoms with Crippen LogP contribution in [0.3, 0.4) is 0 Å². The van der Waals surface area contributed by atoms with Gasteiger partial charge in [-0.05, 0) is 30.3 Å². The highest BCUT2D eigenvalue weighted by Crippen LogP contribution is 2.43. The first-order valence-corrected chi connectivity index (χ1v) is 9.76. The molecule has 0 amide bonds. The zero-order valence-corrected chi connectivity index (χ0v) is 18.1. The summed E-state index contributed by atoms with van der Waals surface area (Å²) in [5.41, 5.74) is -1.55. The van der Waals surface area contributed by atoms with Crippen LogP contribution in [0.5, 0.6) is 28.7 Å². The molecule has 0 N–H and O–H groups in total. The molecule has 0 aromatic heterocycles. The molecular weight excluding hydrogens is 483 g/mol. The molecule has 0 radical (unpaired) electrons. The molecule has 178 valence electrons. The van der Waals surface area contributed by atoms with E-state index in [1.807, 2.05) is 0 Å². The number of rotatable bonds is 8. The number of esters is 1. The molecule has 0 aliphatic heterocycles. The van der Waals surface area contributed by atoms with Crippen LogP contribution in [0.15, 0.2) is 60.7 Å². The van der Waals surface area contributed by atoms with Crippen LogP contribution in [0.1, 0.15) is 5.56 Å². The smallest absolute Gasteiger partial charge is 0.417 e. The first-order chi connectivity index (χ1) is 16.1. The SMILES string of the molecule is COC(=O)COc1ccccc1Oc1cc(Oc2cccc(C(F)(F)F)c2Cl)ccc1[N+](=O)[O-]. The fourth-order valence-corrected chi connectivity index (χ4v) is 2.97. The van der Waals surface area contributed by atoms with Gasteiger partial charge in [-0.15, -0.1) is 0 Å². The van der Waals surface area contributed by atoms with Crippen molar-refractivity contribution >= 4 is 23.3 Å². The average Bonchev–Trinajstić information content (AvgIpc) is 2.79. The van der Waals surface area contributed by atoms with Crippen molar-refractivity contribution in [2.45, 2.75) is 6.18 Å². The second-order valence-electron chi connectivity index (χ2n) is 6.52. The Balaban J connectivity index is 1.94. The quantitative estimate of drug-likeness (QED) is 0.202. The molecule has 3 aromatic rings. The standard InChI is InChI=1S/C22H15ClF3NO7/c1-31-20(28)12-32-16-6-2-3-7-17(16)34-19-11-13(9-10-15(19)27(29)30)33-18-8-4-5-14(21(18)23)22(24,25)26/h2-11H,12H2,1H3. The van der Waals surface area contributed by atoms with Gasteiger partial charge in [-0.3, -0.25) is 10.1 Å². The van der Waals surface area contributed by atoms with Crippen LogP contribution in [0, 0.1) is 10.1 Å². The van der Waals surface area contributed by atoms with Gasteiger partial charge in [0.2, 0.25) is 5.75 Å². The summed E-state index contributed by atoms with van der Waals surface area (Å²) in [5, 5.41) is 10.8. The predicted octanol–water partition coefficient (Wildman–Crippen LogP) is 6.40. The normalized spacial score (nSPS) is 11.0. The zero-order valence-electron chi connectivity index (χ0n) is 17.3. The van der Waals surface area contributed by atoms with Crippen LogP contribution in [-0.4, -0.2) is 24.6 Å². The minimum atomic E-state index is -4.70. The molecule has 0 aliphatic carbocycles. The van der Waals surface area contributed by atoms with Gasteiger partial charge in [-0.2, -0.15) is 13.2 Å². The molecule has 8 nitrogen and oxygen atoms in total. The molecular formula is C22H15ClF3NO7. The lowest BCUT2D eigenvalue weighted by Crippen LogP contribution is -2.12. The lowest BCUT2D eigenvalue weighted by Gasteiger charge is -2.15. The molecule has 0 fully saturated rings. The Morgan fingerprint density at radius 2 is 1.65 bits per heavy atom. The van der Waals surface area contributed by atoms with Crippen molar-refractivity contribution in [3.05, 3.63) is 81.4 Å². The maximum Gasteiger partial charge on any atom is 0.417 e. The third-order valence-corrected chi connectivity index (χ3v) is 4.66. The van der Waals surface area contributed by atoms with E-state index in [2.05, 4.69) is 4.74 Å². The molecule has 0 saturated carbocycles. The largest absolute Gasteiger partial charge is 0.478 e. The number of carbonyl (C=O) groups excluding carboxylic acids is 1. The molecule has 0 atom stereocenters. The van der Waals surface area contributed by atoms with Crippen LogP contribution >= 0.6 is 11.6 Å². The predicted molar refractivity (Wildman–Crippen MR) is 114 cm³/mol. The first-order valence-electron chi connectivity index (χ1n) is 9.38. The summed E-state index contributed by atoms with van der Waals surface area (Å²) in [6.07, 6.45) is -4.70. The third-order valence-electron chi connectivity index (χ3n) is 4.27. The van der Waals surface area contributed by atoms with Gasteiger partial charge in [-0.1, -0.05) is 29.8 Å². The average molecular weight is 498 g/mol. The van der Waals surface area contributed by atoms with E-state index < -0.39 is 39.9 Å². The van der Waals surface area contributed by atoms with Gasteiger partial charge in [0.25, 0.3) is 0 Å². The Hall–Kier alpha value is -3.99. The highest BCUT2D eigenvalue weighted by atomic mass is 35.5. The highest BCUT2D eigenvalue weighted by molar-refractivity contribution is 6.32. The Labute approximate surface area is 195 Å². The van der Waals surface area contributed by atoms with Crippen molar-refractivity contribution in [3.8, 4) is 28.7 Å². The number of alkyl halides is 3. The summed E-state index contributed by atoms with van der Waals surface area (Å²) in [6.45, 7) is -0.434. The zero-order chi connectivity index (χ0) is 24.9. The molecule has 0 unspecified atom stereocenters. The van der Waals surface area contributed by atoms with Crippen molar-refractivity contribution in [3.63, 3.8) is 0 Å². The van der Waals surface area contributed by atoms with E-state index in [-0.39, 0.29) is 28.7 Å². The van der Waals surface area contributed by atoms with E-state index in [1.54, 1.807) is 12.1 Å². The number of hydrogen-bond acceptors (Lipinski definition) is 7. The molecule has 0 heterocycles. The van der Waals surface area contributed by atoms with Gasteiger partial charge in [0, 0.05) is 12.1 Å². The maximum atomic E-state index is 13.1.